The molecule has 0 aliphatic carbocycles. The summed E-state index contributed by atoms with van der Waals surface area (Å²) in [6.45, 7) is 6.52. The third-order valence-electron chi connectivity index (χ3n) is 3.63. The zero-order valence-electron chi connectivity index (χ0n) is 14.5. The van der Waals surface area contributed by atoms with E-state index in [1.54, 1.807) is 6.92 Å². The molecule has 0 radical (unpaired) electrons. The Balaban J connectivity index is 2.21. The average molecular weight is 357 g/mol. The molecule has 25 heavy (non-hydrogen) atoms. The van der Waals surface area contributed by atoms with Crippen molar-refractivity contribution in [3.63, 3.8) is 0 Å². The van der Waals surface area contributed by atoms with Crippen molar-refractivity contribution in [2.24, 2.45) is 0 Å². The van der Waals surface area contributed by atoms with Crippen LogP contribution in [0.25, 0.3) is 5.65 Å². The quantitative estimate of drug-likeness (QED) is 0.772. The highest BCUT2D eigenvalue weighted by molar-refractivity contribution is 5.94. The minimum atomic E-state index is -4.48. The van der Waals surface area contributed by atoms with Gasteiger partial charge in [-0.05, 0) is 38.8 Å². The van der Waals surface area contributed by atoms with Crippen molar-refractivity contribution in [3.8, 4) is 0 Å². The summed E-state index contributed by atoms with van der Waals surface area (Å²) in [5.74, 6) is -0.437. The molecule has 5 nitrogen and oxygen atoms in total. The van der Waals surface area contributed by atoms with Crippen LogP contribution >= 0.6 is 0 Å². The summed E-state index contributed by atoms with van der Waals surface area (Å²) in [6, 6.07) is 2.24. The number of nitrogens with zero attached hydrogens (tertiary/aromatic N) is 2. The van der Waals surface area contributed by atoms with E-state index >= 15 is 0 Å². The summed E-state index contributed by atoms with van der Waals surface area (Å²) < 4.78 is 45.4. The first kappa shape index (κ1) is 19.2. The Hall–Kier alpha value is -2.09. The number of aromatic nitrogens is 2. The van der Waals surface area contributed by atoms with E-state index in [0.29, 0.717) is 37.3 Å². The van der Waals surface area contributed by atoms with Crippen molar-refractivity contribution in [2.45, 2.75) is 45.9 Å². The first-order valence-electron chi connectivity index (χ1n) is 8.22. The predicted molar refractivity (Wildman–Crippen MR) is 87.6 cm³/mol. The predicted octanol–water partition coefficient (Wildman–Crippen LogP) is 3.46. The number of nitrogens with one attached hydrogen (secondary N) is 1. The number of carbonyl (C=O) groups is 1. The van der Waals surface area contributed by atoms with Crippen LogP contribution in [-0.4, -0.2) is 34.5 Å². The maximum Gasteiger partial charge on any atom is 0.417 e. The van der Waals surface area contributed by atoms with Crippen LogP contribution in [0.2, 0.25) is 0 Å². The normalized spacial score (nSPS) is 12.1. The Morgan fingerprint density at radius 1 is 1.36 bits per heavy atom. The monoisotopic (exact) mass is 357 g/mol. The fourth-order valence-corrected chi connectivity index (χ4v) is 2.42. The van der Waals surface area contributed by atoms with E-state index in [2.05, 4.69) is 10.3 Å². The van der Waals surface area contributed by atoms with Crippen LogP contribution in [-0.2, 0) is 17.3 Å². The number of imidazole rings is 1. The van der Waals surface area contributed by atoms with Gasteiger partial charge < -0.3 is 10.1 Å². The third-order valence-corrected chi connectivity index (χ3v) is 3.63. The molecule has 0 bridgehead atoms. The SMILES string of the molecule is CCc1nc2ccc(C(F)(F)F)cn2c1C(=O)NCCCOC(C)C. The van der Waals surface area contributed by atoms with Gasteiger partial charge in [0.2, 0.25) is 0 Å². The van der Waals surface area contributed by atoms with Crippen LogP contribution < -0.4 is 5.32 Å². The first-order chi connectivity index (χ1) is 11.7. The molecule has 0 atom stereocenters. The topological polar surface area (TPSA) is 55.6 Å². The summed E-state index contributed by atoms with van der Waals surface area (Å²) in [5, 5.41) is 2.72. The fraction of sp³-hybridized carbons (Fsp3) is 0.529. The van der Waals surface area contributed by atoms with Gasteiger partial charge in [0.25, 0.3) is 5.91 Å². The number of rotatable bonds is 7. The number of fused-ring (bicyclic) bond motifs is 1. The van der Waals surface area contributed by atoms with Crippen LogP contribution in [0.5, 0.6) is 0 Å². The van der Waals surface area contributed by atoms with E-state index < -0.39 is 17.6 Å². The van der Waals surface area contributed by atoms with Gasteiger partial charge in [-0.3, -0.25) is 9.20 Å². The summed E-state index contributed by atoms with van der Waals surface area (Å²) in [4.78, 5) is 16.7. The van der Waals surface area contributed by atoms with Crippen LogP contribution in [0, 0.1) is 0 Å². The molecule has 1 N–H and O–H groups in total. The van der Waals surface area contributed by atoms with Crippen molar-refractivity contribution >= 4 is 11.6 Å². The molecule has 0 aliphatic rings. The van der Waals surface area contributed by atoms with Crippen LogP contribution in [0.1, 0.15) is 48.9 Å². The number of halogens is 3. The Bertz CT molecular complexity index is 739. The van der Waals surface area contributed by atoms with Gasteiger partial charge in [-0.2, -0.15) is 13.2 Å². The largest absolute Gasteiger partial charge is 0.417 e. The second-order valence-electron chi connectivity index (χ2n) is 5.93. The van der Waals surface area contributed by atoms with E-state index in [0.717, 1.165) is 12.3 Å². The molecular formula is C17H22F3N3O2. The maximum absolute atomic E-state index is 12.9. The number of pyridine rings is 1. The number of hydrogen-bond donors (Lipinski definition) is 1. The van der Waals surface area contributed by atoms with Crippen molar-refractivity contribution in [1.29, 1.82) is 0 Å². The van der Waals surface area contributed by atoms with Gasteiger partial charge in [0.15, 0.2) is 0 Å². The second-order valence-corrected chi connectivity index (χ2v) is 5.93. The molecule has 2 heterocycles. The van der Waals surface area contributed by atoms with E-state index in [-0.39, 0.29) is 11.8 Å². The summed E-state index contributed by atoms with van der Waals surface area (Å²) in [6.07, 6.45) is -2.38. The lowest BCUT2D eigenvalue weighted by Crippen LogP contribution is -2.27. The number of ether oxygens (including phenoxy) is 1. The van der Waals surface area contributed by atoms with Crippen LogP contribution in [0.4, 0.5) is 13.2 Å². The van der Waals surface area contributed by atoms with Crippen molar-refractivity contribution in [2.75, 3.05) is 13.2 Å². The Morgan fingerprint density at radius 3 is 2.68 bits per heavy atom. The summed E-state index contributed by atoms with van der Waals surface area (Å²) in [7, 11) is 0. The van der Waals surface area contributed by atoms with E-state index in [9.17, 15) is 18.0 Å². The van der Waals surface area contributed by atoms with Crippen LogP contribution in [0.3, 0.4) is 0 Å². The minimum absolute atomic E-state index is 0.113. The molecule has 0 saturated heterocycles. The van der Waals surface area contributed by atoms with Gasteiger partial charge in [-0.15, -0.1) is 0 Å². The molecule has 2 aromatic rings. The van der Waals surface area contributed by atoms with E-state index in [1.807, 2.05) is 13.8 Å². The molecule has 8 heteroatoms. The molecule has 0 spiro atoms. The molecule has 0 unspecified atom stereocenters. The maximum atomic E-state index is 12.9. The number of carbonyl (C=O) groups excluding carboxylic acids is 1. The van der Waals surface area contributed by atoms with E-state index in [4.69, 9.17) is 4.74 Å². The molecule has 2 aromatic heterocycles. The first-order valence-corrected chi connectivity index (χ1v) is 8.22. The lowest BCUT2D eigenvalue weighted by Gasteiger charge is -2.10. The summed E-state index contributed by atoms with van der Waals surface area (Å²) in [5.41, 5.74) is 0.112. The van der Waals surface area contributed by atoms with Gasteiger partial charge in [-0.25, -0.2) is 4.98 Å². The third kappa shape index (κ3) is 4.72. The van der Waals surface area contributed by atoms with Gasteiger partial charge >= 0.3 is 6.18 Å². The molecule has 2 rings (SSSR count). The van der Waals surface area contributed by atoms with Gasteiger partial charge in [-0.1, -0.05) is 6.92 Å². The fourth-order valence-electron chi connectivity index (χ4n) is 2.42. The molecule has 0 saturated carbocycles. The Labute approximate surface area is 144 Å². The van der Waals surface area contributed by atoms with Crippen LogP contribution in [0.15, 0.2) is 18.3 Å². The van der Waals surface area contributed by atoms with Gasteiger partial charge in [0, 0.05) is 19.3 Å². The number of alkyl halides is 3. The highest BCUT2D eigenvalue weighted by atomic mass is 19.4. The minimum Gasteiger partial charge on any atom is -0.379 e. The van der Waals surface area contributed by atoms with E-state index in [1.165, 1.54) is 10.5 Å². The lowest BCUT2D eigenvalue weighted by molar-refractivity contribution is -0.137. The summed E-state index contributed by atoms with van der Waals surface area (Å²) >= 11 is 0. The number of hydrogen-bond acceptors (Lipinski definition) is 3. The Kier molecular flexibility index (Phi) is 6.05. The highest BCUT2D eigenvalue weighted by Crippen LogP contribution is 2.29. The lowest BCUT2D eigenvalue weighted by atomic mass is 10.2. The molecular weight excluding hydrogens is 335 g/mol. The number of amides is 1. The average Bonchev–Trinajstić information content (AvgIpc) is 2.90. The second kappa shape index (κ2) is 7.86. The molecule has 138 valence electrons. The molecule has 0 aliphatic heterocycles. The smallest absolute Gasteiger partial charge is 0.379 e. The van der Waals surface area contributed by atoms with Crippen molar-refractivity contribution in [1.82, 2.24) is 14.7 Å². The van der Waals surface area contributed by atoms with Crippen molar-refractivity contribution in [3.05, 3.63) is 35.3 Å². The van der Waals surface area contributed by atoms with Crippen molar-refractivity contribution < 1.29 is 22.7 Å². The Morgan fingerprint density at radius 2 is 2.08 bits per heavy atom. The molecule has 1 amide bonds. The number of aryl methyl sites for hydroxylation is 1. The highest BCUT2D eigenvalue weighted by Gasteiger charge is 2.31. The standard InChI is InChI=1S/C17H22F3N3O2/c1-4-13-15(16(24)21-8-5-9-25-11(2)3)23-10-12(17(18,19)20)6-7-14(23)22-13/h6-7,10-11H,4-5,8-9H2,1-3H3,(H,21,24). The molecule has 0 aromatic carbocycles. The van der Waals surface area contributed by atoms with Gasteiger partial charge in [0.1, 0.15) is 11.3 Å². The molecule has 0 fully saturated rings. The van der Waals surface area contributed by atoms with Gasteiger partial charge in [0.05, 0.1) is 17.4 Å². The zero-order valence-corrected chi connectivity index (χ0v) is 14.5. The zero-order chi connectivity index (χ0) is 18.6.